The van der Waals surface area contributed by atoms with Gasteiger partial charge in [0.15, 0.2) is 23.2 Å². The van der Waals surface area contributed by atoms with E-state index in [4.69, 9.17) is 13.9 Å². The molecule has 2 aliphatic heterocycles. The van der Waals surface area contributed by atoms with E-state index in [1.165, 1.54) is 19.4 Å². The zero-order valence-electron chi connectivity index (χ0n) is 19.4. The van der Waals surface area contributed by atoms with Gasteiger partial charge in [0.2, 0.25) is 0 Å². The van der Waals surface area contributed by atoms with Gasteiger partial charge in [0, 0.05) is 19.0 Å². The van der Waals surface area contributed by atoms with Crippen LogP contribution in [0, 0.1) is 0 Å². The lowest BCUT2D eigenvalue weighted by Gasteiger charge is -2.35. The minimum atomic E-state index is -4.54. The topological polar surface area (TPSA) is 81.8 Å². The van der Waals surface area contributed by atoms with Gasteiger partial charge in [-0.25, -0.2) is 4.68 Å². The van der Waals surface area contributed by atoms with Crippen molar-refractivity contribution < 1.29 is 31.9 Å². The van der Waals surface area contributed by atoms with Gasteiger partial charge in [-0.2, -0.15) is 18.3 Å². The summed E-state index contributed by atoms with van der Waals surface area (Å²) in [6.07, 6.45) is -2.85. The molecule has 0 saturated heterocycles. The number of furan rings is 1. The third-order valence-corrected chi connectivity index (χ3v) is 6.74. The number of carbonyl (C=O) groups excluding carboxylic acids is 1. The maximum atomic E-state index is 13.9. The number of methoxy groups -OCH3 is 2. The van der Waals surface area contributed by atoms with Crippen LogP contribution in [0.3, 0.4) is 0 Å². The second-order valence-corrected chi connectivity index (χ2v) is 8.70. The minimum Gasteiger partial charge on any atom is -0.493 e. The molecule has 1 amide bonds. The van der Waals surface area contributed by atoms with Gasteiger partial charge in [-0.3, -0.25) is 4.79 Å². The van der Waals surface area contributed by atoms with E-state index in [-0.39, 0.29) is 24.0 Å². The molecule has 1 aromatic carbocycles. The summed E-state index contributed by atoms with van der Waals surface area (Å²) in [5, 5.41) is 7.15. The number of nitrogens with zero attached hydrogens (tertiary/aromatic N) is 3. The monoisotopic (exact) mass is 490 g/mol. The Balaban J connectivity index is 1.46. The van der Waals surface area contributed by atoms with Gasteiger partial charge in [-0.15, -0.1) is 0 Å². The van der Waals surface area contributed by atoms with E-state index in [1.54, 1.807) is 24.1 Å². The van der Waals surface area contributed by atoms with E-state index < -0.39 is 24.2 Å². The predicted octanol–water partition coefficient (Wildman–Crippen LogP) is 4.91. The molecule has 2 aromatic heterocycles. The summed E-state index contributed by atoms with van der Waals surface area (Å²) in [6, 6.07) is 5.47. The first-order chi connectivity index (χ1) is 16.7. The normalized spacial score (nSPS) is 21.7. The van der Waals surface area contributed by atoms with Crippen molar-refractivity contribution in [1.82, 2.24) is 14.7 Å². The van der Waals surface area contributed by atoms with Crippen molar-refractivity contribution in [3.63, 3.8) is 0 Å². The molecule has 0 spiro atoms. The van der Waals surface area contributed by atoms with Gasteiger partial charge in [-0.1, -0.05) is 0 Å². The summed E-state index contributed by atoms with van der Waals surface area (Å²) in [5.74, 6) is 1.24. The number of hydrogen-bond donors (Lipinski definition) is 1. The number of ether oxygens (including phenoxy) is 2. The number of amides is 1. The zero-order chi connectivity index (χ0) is 24.9. The number of nitrogens with one attached hydrogen (secondary N) is 1. The first kappa shape index (κ1) is 23.1. The average Bonchev–Trinajstić information content (AvgIpc) is 3.52. The van der Waals surface area contributed by atoms with Gasteiger partial charge in [0.25, 0.3) is 5.91 Å². The van der Waals surface area contributed by atoms with Crippen LogP contribution in [0.4, 0.5) is 19.0 Å². The standard InChI is InChI=1S/C24H25F3N4O4/c1-13-15-10-20(34-3)19(33-2)9-14(15)6-7-30(13)23(32)17-12-22-28-16(18-5-4-8-35-18)11-21(24(25,26)27)31(22)29-17/h4-5,8-10,12-13,16,21,28H,6-7,11H2,1-3H3/t13-,16-,21+/m1/s1. The molecule has 0 saturated carbocycles. The smallest absolute Gasteiger partial charge is 0.410 e. The van der Waals surface area contributed by atoms with E-state index in [9.17, 15) is 18.0 Å². The van der Waals surface area contributed by atoms with Crippen LogP contribution in [0.5, 0.6) is 11.5 Å². The Morgan fingerprint density at radius 1 is 1.20 bits per heavy atom. The molecule has 0 unspecified atom stereocenters. The van der Waals surface area contributed by atoms with Crippen molar-refractivity contribution in [1.29, 1.82) is 0 Å². The van der Waals surface area contributed by atoms with Crippen molar-refractivity contribution in [3.8, 4) is 11.5 Å². The van der Waals surface area contributed by atoms with Crippen LogP contribution in [-0.2, 0) is 6.42 Å². The molecule has 1 N–H and O–H groups in total. The molecule has 0 aliphatic carbocycles. The number of fused-ring (bicyclic) bond motifs is 2. The third kappa shape index (κ3) is 3.98. The Morgan fingerprint density at radius 3 is 2.60 bits per heavy atom. The fourth-order valence-electron chi connectivity index (χ4n) is 4.92. The van der Waals surface area contributed by atoms with E-state index in [0.29, 0.717) is 30.2 Å². The molecule has 0 radical (unpaired) electrons. The molecule has 11 heteroatoms. The van der Waals surface area contributed by atoms with Gasteiger partial charge < -0.3 is 24.1 Å². The average molecular weight is 490 g/mol. The highest BCUT2D eigenvalue weighted by Gasteiger charge is 2.47. The Hall–Kier alpha value is -3.63. The summed E-state index contributed by atoms with van der Waals surface area (Å²) in [5.41, 5.74) is 1.89. The van der Waals surface area contributed by atoms with Crippen LogP contribution in [-0.4, -0.2) is 47.5 Å². The Labute approximate surface area is 199 Å². The molecule has 0 bridgehead atoms. The van der Waals surface area contributed by atoms with Crippen molar-refractivity contribution in [2.45, 2.75) is 44.1 Å². The van der Waals surface area contributed by atoms with Crippen molar-refractivity contribution >= 4 is 11.7 Å². The molecule has 35 heavy (non-hydrogen) atoms. The summed E-state index contributed by atoms with van der Waals surface area (Å²) in [7, 11) is 3.10. The number of aromatic nitrogens is 2. The number of benzene rings is 1. The zero-order valence-corrected chi connectivity index (χ0v) is 19.4. The quantitative estimate of drug-likeness (QED) is 0.560. The molecule has 3 atom stereocenters. The number of alkyl halides is 3. The first-order valence-corrected chi connectivity index (χ1v) is 11.2. The Morgan fingerprint density at radius 2 is 1.94 bits per heavy atom. The number of carbonyl (C=O) groups is 1. The van der Waals surface area contributed by atoms with Crippen LogP contribution >= 0.6 is 0 Å². The van der Waals surface area contributed by atoms with E-state index in [2.05, 4.69) is 10.4 Å². The Bertz CT molecular complexity index is 1240. The largest absolute Gasteiger partial charge is 0.493 e. The minimum absolute atomic E-state index is 0.0439. The summed E-state index contributed by atoms with van der Waals surface area (Å²) in [6.45, 7) is 2.28. The van der Waals surface area contributed by atoms with Crippen LogP contribution < -0.4 is 14.8 Å². The highest BCUT2D eigenvalue weighted by atomic mass is 19.4. The van der Waals surface area contributed by atoms with E-state index >= 15 is 0 Å². The number of halogens is 3. The molecular formula is C24H25F3N4O4. The lowest BCUT2D eigenvalue weighted by Crippen LogP contribution is -2.39. The molecule has 2 aliphatic rings. The van der Waals surface area contributed by atoms with Crippen molar-refractivity contribution in [2.24, 2.45) is 0 Å². The summed E-state index contributed by atoms with van der Waals surface area (Å²) in [4.78, 5) is 15.1. The lowest BCUT2D eigenvalue weighted by molar-refractivity contribution is -0.174. The Kier molecular flexibility index (Phi) is 5.65. The summed E-state index contributed by atoms with van der Waals surface area (Å²) < 4.78 is 58.7. The highest BCUT2D eigenvalue weighted by molar-refractivity contribution is 5.93. The fraction of sp³-hybridized carbons (Fsp3) is 0.417. The van der Waals surface area contributed by atoms with Crippen LogP contribution in [0.2, 0.25) is 0 Å². The van der Waals surface area contributed by atoms with Gasteiger partial charge >= 0.3 is 6.18 Å². The second-order valence-electron chi connectivity index (χ2n) is 8.70. The number of hydrogen-bond acceptors (Lipinski definition) is 6. The van der Waals surface area contributed by atoms with Gasteiger partial charge in [-0.05, 0) is 48.7 Å². The van der Waals surface area contributed by atoms with E-state index in [0.717, 1.165) is 15.8 Å². The fourth-order valence-corrected chi connectivity index (χ4v) is 4.92. The second kappa shape index (κ2) is 8.54. The molecule has 8 nitrogen and oxygen atoms in total. The molecule has 0 fully saturated rings. The molecule has 186 valence electrons. The first-order valence-electron chi connectivity index (χ1n) is 11.2. The number of anilines is 1. The van der Waals surface area contributed by atoms with E-state index in [1.807, 2.05) is 19.1 Å². The lowest BCUT2D eigenvalue weighted by atomic mass is 9.92. The van der Waals surface area contributed by atoms with Crippen LogP contribution in [0.25, 0.3) is 0 Å². The summed E-state index contributed by atoms with van der Waals surface area (Å²) >= 11 is 0. The van der Waals surface area contributed by atoms with Crippen molar-refractivity contribution in [2.75, 3.05) is 26.1 Å². The van der Waals surface area contributed by atoms with Crippen LogP contribution in [0.1, 0.15) is 58.8 Å². The highest BCUT2D eigenvalue weighted by Crippen LogP contribution is 2.44. The molecule has 3 aromatic rings. The van der Waals surface area contributed by atoms with Gasteiger partial charge in [0.05, 0.1) is 32.6 Å². The molecule has 4 heterocycles. The third-order valence-electron chi connectivity index (χ3n) is 6.74. The molecular weight excluding hydrogens is 465 g/mol. The SMILES string of the molecule is COc1cc2c(cc1OC)[C@@H](C)N(C(=O)c1cc3n(n1)[C@H](C(F)(F)F)C[C@H](c1ccco1)N3)CC2. The van der Waals surface area contributed by atoms with Crippen LogP contribution in [0.15, 0.2) is 41.0 Å². The molecule has 5 rings (SSSR count). The maximum Gasteiger partial charge on any atom is 0.410 e. The maximum absolute atomic E-state index is 13.9. The number of rotatable bonds is 4. The van der Waals surface area contributed by atoms with Crippen molar-refractivity contribution in [3.05, 3.63) is 59.2 Å². The van der Waals surface area contributed by atoms with Gasteiger partial charge in [0.1, 0.15) is 11.6 Å². The predicted molar refractivity (Wildman–Crippen MR) is 120 cm³/mol.